The molecule has 0 amide bonds. The molecule has 3 atom stereocenters. The van der Waals surface area contributed by atoms with Gasteiger partial charge in [-0.05, 0) is 46.0 Å². The molecule has 2 heterocycles. The molecule has 1 unspecified atom stereocenters. The summed E-state index contributed by atoms with van der Waals surface area (Å²) in [6.45, 7) is 10.4. The normalized spacial score (nSPS) is 37.9. The van der Waals surface area contributed by atoms with Gasteiger partial charge in [0, 0.05) is 12.0 Å². The number of carbonyl (C=O) groups excluding carboxylic acids is 1. The topological polar surface area (TPSA) is 40.0 Å². The predicted molar refractivity (Wildman–Crippen MR) is 77.7 cm³/mol. The molecule has 116 valence electrons. The molecule has 4 heteroatoms. The lowest BCUT2D eigenvalue weighted by Gasteiger charge is -2.48. The van der Waals surface area contributed by atoms with Crippen molar-refractivity contribution in [2.24, 2.45) is 5.41 Å². The van der Waals surface area contributed by atoms with E-state index in [0.29, 0.717) is 18.6 Å². The molecule has 0 bridgehead atoms. The lowest BCUT2D eigenvalue weighted by atomic mass is 9.68. The molecule has 0 radical (unpaired) electrons. The summed E-state index contributed by atoms with van der Waals surface area (Å²) in [5.74, 6) is -0.0511. The van der Waals surface area contributed by atoms with E-state index in [9.17, 15) is 4.79 Å². The molecule has 20 heavy (non-hydrogen) atoms. The second-order valence-corrected chi connectivity index (χ2v) is 6.84. The third-order valence-electron chi connectivity index (χ3n) is 5.14. The second kappa shape index (κ2) is 6.44. The first kappa shape index (κ1) is 15.8. The molecular weight excluding hydrogens is 254 g/mol. The summed E-state index contributed by atoms with van der Waals surface area (Å²) >= 11 is 0. The molecule has 4 nitrogen and oxygen atoms in total. The zero-order chi connectivity index (χ0) is 14.6. The Kier molecular flexibility index (Phi) is 5.08. The number of hydrogen-bond donors (Lipinski definition) is 1. The number of hydrogen-bond acceptors (Lipinski definition) is 3. The summed E-state index contributed by atoms with van der Waals surface area (Å²) in [6.07, 6.45) is 5.87. The number of rotatable bonds is 4. The predicted octanol–water partition coefficient (Wildman–Crippen LogP) is 1.19. The standard InChI is InChI=1S/C16H29NO3/c1-4-15(3)12-16(8-10-20-15)7-6-9-17(13-16)11-14(18)19-5-2/h4-13H2,1-3H3/p+1/t15-,16+/m1/s1. The third-order valence-corrected chi connectivity index (χ3v) is 5.14. The van der Waals surface area contributed by atoms with Crippen LogP contribution in [0.5, 0.6) is 0 Å². The SMILES string of the molecule is CCOC(=O)C[NH+]1CCC[C@@]2(CCO[C@](C)(CC)C2)C1. The largest absolute Gasteiger partial charge is 0.462 e. The maximum Gasteiger partial charge on any atom is 0.361 e. The van der Waals surface area contributed by atoms with Crippen LogP contribution in [0.25, 0.3) is 0 Å². The molecule has 1 spiro atoms. The van der Waals surface area contributed by atoms with Crippen molar-refractivity contribution in [1.82, 2.24) is 0 Å². The van der Waals surface area contributed by atoms with E-state index in [-0.39, 0.29) is 11.6 Å². The van der Waals surface area contributed by atoms with E-state index in [4.69, 9.17) is 9.47 Å². The Morgan fingerprint density at radius 2 is 2.15 bits per heavy atom. The van der Waals surface area contributed by atoms with Gasteiger partial charge in [0.05, 0.1) is 25.3 Å². The Balaban J connectivity index is 1.96. The summed E-state index contributed by atoms with van der Waals surface area (Å²) in [4.78, 5) is 13.1. The Morgan fingerprint density at radius 1 is 1.35 bits per heavy atom. The summed E-state index contributed by atoms with van der Waals surface area (Å²) in [5, 5.41) is 0. The number of esters is 1. The Hall–Kier alpha value is -0.610. The molecular formula is C16H30NO3+. The molecule has 1 N–H and O–H groups in total. The van der Waals surface area contributed by atoms with Gasteiger partial charge in [-0.25, -0.2) is 4.79 Å². The van der Waals surface area contributed by atoms with Crippen LogP contribution in [0, 0.1) is 5.41 Å². The molecule has 0 aromatic rings. The van der Waals surface area contributed by atoms with Gasteiger partial charge in [-0.3, -0.25) is 0 Å². The average Bonchev–Trinajstić information content (AvgIpc) is 2.39. The fourth-order valence-corrected chi connectivity index (χ4v) is 4.03. The Morgan fingerprint density at radius 3 is 2.85 bits per heavy atom. The van der Waals surface area contributed by atoms with Crippen molar-refractivity contribution in [1.29, 1.82) is 0 Å². The van der Waals surface area contributed by atoms with Gasteiger partial charge in [0.15, 0.2) is 6.54 Å². The minimum absolute atomic E-state index is 0.0324. The Bertz CT molecular complexity index is 343. The molecule has 0 aromatic heterocycles. The minimum atomic E-state index is -0.0511. The molecule has 0 aromatic carbocycles. The van der Waals surface area contributed by atoms with Crippen LogP contribution in [0.3, 0.4) is 0 Å². The molecule has 2 aliphatic heterocycles. The second-order valence-electron chi connectivity index (χ2n) is 6.84. The number of ether oxygens (including phenoxy) is 2. The van der Waals surface area contributed by atoms with Gasteiger partial charge < -0.3 is 14.4 Å². The zero-order valence-corrected chi connectivity index (χ0v) is 13.3. The van der Waals surface area contributed by atoms with Crippen LogP contribution in [0.4, 0.5) is 0 Å². The van der Waals surface area contributed by atoms with Crippen molar-refractivity contribution in [3.05, 3.63) is 0 Å². The number of nitrogens with one attached hydrogen (secondary N) is 1. The summed E-state index contributed by atoms with van der Waals surface area (Å²) in [7, 11) is 0. The highest BCUT2D eigenvalue weighted by Crippen LogP contribution is 2.43. The molecule has 0 saturated carbocycles. The number of carbonyl (C=O) groups is 1. The first-order chi connectivity index (χ1) is 9.51. The monoisotopic (exact) mass is 284 g/mol. The van der Waals surface area contributed by atoms with E-state index in [0.717, 1.165) is 39.0 Å². The zero-order valence-electron chi connectivity index (χ0n) is 13.3. The van der Waals surface area contributed by atoms with Gasteiger partial charge >= 0.3 is 5.97 Å². The van der Waals surface area contributed by atoms with Crippen molar-refractivity contribution in [3.8, 4) is 0 Å². The molecule has 2 aliphatic rings. The van der Waals surface area contributed by atoms with E-state index < -0.39 is 0 Å². The van der Waals surface area contributed by atoms with Crippen molar-refractivity contribution in [2.75, 3.05) is 32.8 Å². The first-order valence-corrected chi connectivity index (χ1v) is 8.14. The molecule has 2 rings (SSSR count). The van der Waals surface area contributed by atoms with Gasteiger partial charge in [0.2, 0.25) is 0 Å². The van der Waals surface area contributed by atoms with Crippen molar-refractivity contribution < 1.29 is 19.2 Å². The van der Waals surface area contributed by atoms with Gasteiger partial charge in [-0.2, -0.15) is 0 Å². The third kappa shape index (κ3) is 3.73. The van der Waals surface area contributed by atoms with Crippen LogP contribution in [0.15, 0.2) is 0 Å². The lowest BCUT2D eigenvalue weighted by molar-refractivity contribution is -0.906. The van der Waals surface area contributed by atoms with Gasteiger partial charge in [-0.15, -0.1) is 0 Å². The van der Waals surface area contributed by atoms with E-state index >= 15 is 0 Å². The van der Waals surface area contributed by atoms with Gasteiger partial charge in [0.25, 0.3) is 0 Å². The first-order valence-electron chi connectivity index (χ1n) is 8.14. The van der Waals surface area contributed by atoms with Crippen LogP contribution in [0.2, 0.25) is 0 Å². The van der Waals surface area contributed by atoms with Gasteiger partial charge in [-0.1, -0.05) is 6.92 Å². The quantitative estimate of drug-likeness (QED) is 0.789. The molecule has 2 fully saturated rings. The molecule has 2 saturated heterocycles. The van der Waals surface area contributed by atoms with E-state index in [1.54, 1.807) is 0 Å². The van der Waals surface area contributed by atoms with Crippen LogP contribution < -0.4 is 4.90 Å². The van der Waals surface area contributed by atoms with Crippen molar-refractivity contribution >= 4 is 5.97 Å². The van der Waals surface area contributed by atoms with E-state index in [2.05, 4.69) is 13.8 Å². The van der Waals surface area contributed by atoms with Crippen LogP contribution in [-0.4, -0.2) is 44.4 Å². The summed E-state index contributed by atoms with van der Waals surface area (Å²) in [6, 6.07) is 0. The number of likely N-dealkylation sites (tertiary alicyclic amines) is 1. The van der Waals surface area contributed by atoms with Crippen molar-refractivity contribution in [2.45, 2.75) is 58.5 Å². The number of piperidine rings is 1. The summed E-state index contributed by atoms with van der Waals surface area (Å²) < 4.78 is 11.1. The van der Waals surface area contributed by atoms with Gasteiger partial charge in [0.1, 0.15) is 0 Å². The fourth-order valence-electron chi connectivity index (χ4n) is 4.03. The van der Waals surface area contributed by atoms with Crippen molar-refractivity contribution in [3.63, 3.8) is 0 Å². The highest BCUT2D eigenvalue weighted by molar-refractivity contribution is 5.70. The fraction of sp³-hybridized carbons (Fsp3) is 0.938. The van der Waals surface area contributed by atoms with Crippen LogP contribution in [0.1, 0.15) is 52.9 Å². The van der Waals surface area contributed by atoms with E-state index in [1.165, 1.54) is 17.7 Å². The summed E-state index contributed by atoms with van der Waals surface area (Å²) in [5.41, 5.74) is 0.410. The highest BCUT2D eigenvalue weighted by Gasteiger charge is 2.46. The maximum absolute atomic E-state index is 11.7. The van der Waals surface area contributed by atoms with E-state index in [1.807, 2.05) is 6.92 Å². The smallest absolute Gasteiger partial charge is 0.361 e. The minimum Gasteiger partial charge on any atom is -0.462 e. The maximum atomic E-state index is 11.7. The van der Waals surface area contributed by atoms with Crippen LogP contribution >= 0.6 is 0 Å². The Labute approximate surface area is 122 Å². The highest BCUT2D eigenvalue weighted by atomic mass is 16.5. The average molecular weight is 284 g/mol. The number of quaternary nitrogens is 1. The molecule has 0 aliphatic carbocycles. The lowest BCUT2D eigenvalue weighted by Crippen LogP contribution is -3.15. The van der Waals surface area contributed by atoms with Crippen LogP contribution in [-0.2, 0) is 14.3 Å².